The van der Waals surface area contributed by atoms with E-state index in [-0.39, 0.29) is 5.97 Å². The average Bonchev–Trinajstić information content (AvgIpc) is 2.81. The molecule has 0 saturated heterocycles. The van der Waals surface area contributed by atoms with Crippen LogP contribution < -0.4 is 4.74 Å². The van der Waals surface area contributed by atoms with Gasteiger partial charge >= 0.3 is 5.97 Å². The molecule has 0 heterocycles. The van der Waals surface area contributed by atoms with Crippen LogP contribution in [-0.4, -0.2) is 5.97 Å². The number of hydrogen-bond acceptors (Lipinski definition) is 3. The van der Waals surface area contributed by atoms with E-state index < -0.39 is 5.41 Å². The molecule has 31 heavy (non-hydrogen) atoms. The van der Waals surface area contributed by atoms with Crippen molar-refractivity contribution in [3.05, 3.63) is 64.7 Å². The van der Waals surface area contributed by atoms with Crippen LogP contribution in [0.5, 0.6) is 5.75 Å². The Balaban J connectivity index is 1.83. The molecule has 1 saturated carbocycles. The van der Waals surface area contributed by atoms with Crippen molar-refractivity contribution in [3.63, 3.8) is 0 Å². The Kier molecular flexibility index (Phi) is 8.29. The predicted molar refractivity (Wildman–Crippen MR) is 125 cm³/mol. The van der Waals surface area contributed by atoms with Crippen LogP contribution in [0.25, 0.3) is 0 Å². The smallest absolute Gasteiger partial charge is 0.321 e. The van der Waals surface area contributed by atoms with Crippen molar-refractivity contribution in [1.82, 2.24) is 0 Å². The topological polar surface area (TPSA) is 50.1 Å². The predicted octanol–water partition coefficient (Wildman–Crippen LogP) is 7.05. The zero-order valence-electron chi connectivity index (χ0n) is 19.1. The van der Waals surface area contributed by atoms with Gasteiger partial charge < -0.3 is 4.74 Å². The lowest BCUT2D eigenvalue weighted by molar-refractivity contribution is -0.142. The van der Waals surface area contributed by atoms with Crippen molar-refractivity contribution >= 4 is 5.97 Å². The number of nitrogens with zero attached hydrogens (tertiary/aromatic N) is 1. The third-order valence-corrected chi connectivity index (χ3v) is 6.58. The van der Waals surface area contributed by atoms with Gasteiger partial charge in [-0.2, -0.15) is 5.26 Å². The summed E-state index contributed by atoms with van der Waals surface area (Å²) in [7, 11) is 0. The van der Waals surface area contributed by atoms with E-state index in [9.17, 15) is 10.1 Å². The van der Waals surface area contributed by atoms with Crippen molar-refractivity contribution in [1.29, 1.82) is 5.26 Å². The van der Waals surface area contributed by atoms with Gasteiger partial charge in [0.1, 0.15) is 11.8 Å². The SMILES string of the molecule is CCCCCc1ccc(C2(C(=O)Oc3ccc(CCC)cc3C#N)CCCCC2)cc1. The molecule has 0 amide bonds. The lowest BCUT2D eigenvalue weighted by Gasteiger charge is -2.35. The molecule has 0 N–H and O–H groups in total. The molecule has 1 aliphatic rings. The second-order valence-electron chi connectivity index (χ2n) is 8.88. The first-order valence-electron chi connectivity index (χ1n) is 12.0. The van der Waals surface area contributed by atoms with Crippen LogP contribution in [0.4, 0.5) is 0 Å². The van der Waals surface area contributed by atoms with Gasteiger partial charge in [-0.3, -0.25) is 4.79 Å². The Hall–Kier alpha value is -2.60. The molecule has 0 atom stereocenters. The highest BCUT2D eigenvalue weighted by Crippen LogP contribution is 2.41. The average molecular weight is 418 g/mol. The first-order chi connectivity index (χ1) is 15.1. The molecular formula is C28H35NO2. The summed E-state index contributed by atoms with van der Waals surface area (Å²) in [6.07, 6.45) is 11.5. The van der Waals surface area contributed by atoms with E-state index in [1.165, 1.54) is 24.8 Å². The summed E-state index contributed by atoms with van der Waals surface area (Å²) in [6, 6.07) is 16.4. The van der Waals surface area contributed by atoms with E-state index >= 15 is 0 Å². The molecule has 0 spiro atoms. The van der Waals surface area contributed by atoms with E-state index in [0.29, 0.717) is 11.3 Å². The summed E-state index contributed by atoms with van der Waals surface area (Å²) >= 11 is 0. The zero-order valence-corrected chi connectivity index (χ0v) is 19.1. The van der Waals surface area contributed by atoms with Crippen LogP contribution in [0.15, 0.2) is 42.5 Å². The first-order valence-corrected chi connectivity index (χ1v) is 12.0. The Labute approximate surface area is 187 Å². The van der Waals surface area contributed by atoms with Gasteiger partial charge in [0.15, 0.2) is 0 Å². The minimum atomic E-state index is -0.616. The summed E-state index contributed by atoms with van der Waals surface area (Å²) in [5, 5.41) is 9.59. The molecule has 1 fully saturated rings. The fourth-order valence-electron chi connectivity index (χ4n) is 4.73. The minimum Gasteiger partial charge on any atom is -0.424 e. The maximum absolute atomic E-state index is 13.5. The number of nitriles is 1. The second-order valence-corrected chi connectivity index (χ2v) is 8.88. The first kappa shape index (κ1) is 23.1. The fourth-order valence-corrected chi connectivity index (χ4v) is 4.73. The standard InChI is InChI=1S/C28H35NO2/c1-3-5-7-11-22-12-15-25(16-13-22)28(18-8-6-9-19-28)27(30)31-26-17-14-23(10-4-2)20-24(26)21-29/h12-17,20H,3-11,18-19H2,1-2H3. The Morgan fingerprint density at radius 1 is 0.935 bits per heavy atom. The minimum absolute atomic E-state index is 0.217. The molecule has 1 aliphatic carbocycles. The molecule has 3 rings (SSSR count). The largest absolute Gasteiger partial charge is 0.424 e. The van der Waals surface area contributed by atoms with E-state index in [1.54, 1.807) is 6.07 Å². The highest BCUT2D eigenvalue weighted by Gasteiger charge is 2.43. The number of esters is 1. The molecule has 2 aromatic rings. The normalized spacial score (nSPS) is 15.3. The fraction of sp³-hybridized carbons (Fsp3) is 0.500. The van der Waals surface area contributed by atoms with Crippen molar-refractivity contribution in [2.75, 3.05) is 0 Å². The van der Waals surface area contributed by atoms with Gasteiger partial charge in [-0.25, -0.2) is 0 Å². The van der Waals surface area contributed by atoms with Gasteiger partial charge in [-0.15, -0.1) is 0 Å². The van der Waals surface area contributed by atoms with Crippen molar-refractivity contribution in [2.45, 2.75) is 89.9 Å². The maximum atomic E-state index is 13.5. The number of aryl methyl sites for hydroxylation is 2. The maximum Gasteiger partial charge on any atom is 0.321 e. The molecule has 0 aliphatic heterocycles. The molecular weight excluding hydrogens is 382 g/mol. The van der Waals surface area contributed by atoms with Gasteiger partial charge in [0.2, 0.25) is 0 Å². The van der Waals surface area contributed by atoms with Crippen LogP contribution >= 0.6 is 0 Å². The van der Waals surface area contributed by atoms with Crippen molar-refractivity contribution < 1.29 is 9.53 Å². The molecule has 3 nitrogen and oxygen atoms in total. The Bertz CT molecular complexity index is 902. The van der Waals surface area contributed by atoms with E-state index in [0.717, 1.165) is 62.5 Å². The van der Waals surface area contributed by atoms with Gasteiger partial charge in [-0.05, 0) is 60.9 Å². The number of unbranched alkanes of at least 4 members (excludes halogenated alkanes) is 2. The zero-order chi connectivity index (χ0) is 22.1. The van der Waals surface area contributed by atoms with Gasteiger partial charge in [-0.1, -0.05) is 82.7 Å². The quantitative estimate of drug-likeness (QED) is 0.249. The summed E-state index contributed by atoms with van der Waals surface area (Å²) in [6.45, 7) is 4.33. The highest BCUT2D eigenvalue weighted by atomic mass is 16.5. The summed E-state index contributed by atoms with van der Waals surface area (Å²) < 4.78 is 5.92. The number of hydrogen-bond donors (Lipinski definition) is 0. The monoisotopic (exact) mass is 417 g/mol. The van der Waals surface area contributed by atoms with Crippen molar-refractivity contribution in [2.24, 2.45) is 0 Å². The highest BCUT2D eigenvalue weighted by molar-refractivity contribution is 5.85. The molecule has 0 unspecified atom stereocenters. The molecule has 2 aromatic carbocycles. The lowest BCUT2D eigenvalue weighted by atomic mass is 9.69. The van der Waals surface area contributed by atoms with E-state index in [2.05, 4.69) is 44.2 Å². The summed E-state index contributed by atoms with van der Waals surface area (Å²) in [5.41, 5.74) is 3.31. The lowest BCUT2D eigenvalue weighted by Crippen LogP contribution is -2.41. The number of carbonyl (C=O) groups is 1. The van der Waals surface area contributed by atoms with Gasteiger partial charge in [0.25, 0.3) is 0 Å². The third kappa shape index (κ3) is 5.56. The number of carbonyl (C=O) groups excluding carboxylic acids is 1. The number of benzene rings is 2. The van der Waals surface area contributed by atoms with Crippen LogP contribution in [0.2, 0.25) is 0 Å². The summed E-state index contributed by atoms with van der Waals surface area (Å²) in [4.78, 5) is 13.5. The van der Waals surface area contributed by atoms with Crippen LogP contribution in [0, 0.1) is 11.3 Å². The molecule has 0 aromatic heterocycles. The number of rotatable bonds is 9. The van der Waals surface area contributed by atoms with Crippen LogP contribution in [-0.2, 0) is 23.1 Å². The summed E-state index contributed by atoms with van der Waals surface area (Å²) in [5.74, 6) is 0.166. The molecule has 3 heteroatoms. The Morgan fingerprint density at radius 3 is 2.29 bits per heavy atom. The van der Waals surface area contributed by atoms with Crippen LogP contribution in [0.3, 0.4) is 0 Å². The van der Waals surface area contributed by atoms with Gasteiger partial charge in [0, 0.05) is 0 Å². The second kappa shape index (κ2) is 11.1. The third-order valence-electron chi connectivity index (χ3n) is 6.58. The molecule has 0 radical (unpaired) electrons. The number of ether oxygens (including phenoxy) is 1. The van der Waals surface area contributed by atoms with Gasteiger partial charge in [0.05, 0.1) is 11.0 Å². The molecule has 0 bridgehead atoms. The van der Waals surface area contributed by atoms with Crippen molar-refractivity contribution in [3.8, 4) is 11.8 Å². The van der Waals surface area contributed by atoms with E-state index in [1.807, 2.05) is 12.1 Å². The van der Waals surface area contributed by atoms with Crippen LogP contribution in [0.1, 0.15) is 93.9 Å². The van der Waals surface area contributed by atoms with E-state index in [4.69, 9.17) is 4.74 Å². The Morgan fingerprint density at radius 2 is 1.65 bits per heavy atom. The molecule has 164 valence electrons.